The molecule has 292 valence electrons. The molecule has 14 heteroatoms. The smallest absolute Gasteiger partial charge is 0.410 e. The van der Waals surface area contributed by atoms with E-state index in [0.29, 0.717) is 23.3 Å². The molecule has 0 bridgehead atoms. The number of oxazole rings is 1. The van der Waals surface area contributed by atoms with E-state index in [1.54, 1.807) is 23.5 Å². The van der Waals surface area contributed by atoms with Gasteiger partial charge < -0.3 is 34.2 Å². The fourth-order valence-electron chi connectivity index (χ4n) is 7.78. The van der Waals surface area contributed by atoms with Crippen molar-refractivity contribution in [2.24, 2.45) is 17.8 Å². The zero-order valence-electron chi connectivity index (χ0n) is 32.0. The van der Waals surface area contributed by atoms with Gasteiger partial charge in [-0.3, -0.25) is 4.79 Å². The van der Waals surface area contributed by atoms with Crippen LogP contribution in [0.1, 0.15) is 95.5 Å². The number of amides is 2. The molecule has 2 aliphatic heterocycles. The van der Waals surface area contributed by atoms with E-state index in [4.69, 9.17) is 9.15 Å². The number of rotatable bonds is 14. The summed E-state index contributed by atoms with van der Waals surface area (Å²) < 4.78 is 39.5. The third-order valence-corrected chi connectivity index (χ3v) is 11.0. The molecule has 6 rings (SSSR count). The van der Waals surface area contributed by atoms with Crippen molar-refractivity contribution in [2.75, 3.05) is 51.7 Å². The van der Waals surface area contributed by atoms with E-state index in [1.807, 2.05) is 38.8 Å². The van der Waals surface area contributed by atoms with Gasteiger partial charge in [0.25, 0.3) is 12.3 Å². The van der Waals surface area contributed by atoms with Gasteiger partial charge in [-0.15, -0.1) is 0 Å². The van der Waals surface area contributed by atoms with Crippen LogP contribution in [0, 0.1) is 17.8 Å². The standard InChI is InChI=1S/C39H58F2N8O4/c1-39(2,3)53-38(51)48-19-15-26(16-20-48)7-6-18-46(4)22-27-10-12-30(13-11-27)49-24-31(34(45-49)35(40)41)43-36(50)32-25-52-37(44-32)29-14-17-42-33(21-29)47(5)23-28-8-9-28/h14,17,21,24-28,30,34-35,45H,6-13,15-16,18-20,22-23H2,1-5H3,(H,43,50)/t27-,30-,34?. The number of likely N-dealkylation sites (tertiary alicyclic amines) is 1. The molecule has 53 heavy (non-hydrogen) atoms. The number of hydrogen-bond acceptors (Lipinski definition) is 10. The number of pyridine rings is 1. The van der Waals surface area contributed by atoms with E-state index in [9.17, 15) is 18.4 Å². The second-order valence-electron chi connectivity index (χ2n) is 16.6. The lowest BCUT2D eigenvalue weighted by atomic mass is 9.85. The molecule has 4 heterocycles. The molecule has 0 aromatic carbocycles. The maximum Gasteiger partial charge on any atom is 0.410 e. The molecule has 12 nitrogen and oxygen atoms in total. The highest BCUT2D eigenvalue weighted by Crippen LogP contribution is 2.33. The Hall–Kier alpha value is -3.78. The molecule has 0 spiro atoms. The number of hydrogen-bond donors (Lipinski definition) is 2. The van der Waals surface area contributed by atoms with E-state index >= 15 is 0 Å². The van der Waals surface area contributed by atoms with Gasteiger partial charge in [0, 0.05) is 57.2 Å². The largest absolute Gasteiger partial charge is 0.444 e. The summed E-state index contributed by atoms with van der Waals surface area (Å²) in [5.74, 6) is 2.36. The lowest BCUT2D eigenvalue weighted by Gasteiger charge is -2.36. The summed E-state index contributed by atoms with van der Waals surface area (Å²) in [6.07, 6.45) is 12.3. The first-order chi connectivity index (χ1) is 25.3. The fourth-order valence-corrected chi connectivity index (χ4v) is 7.78. The number of piperidine rings is 1. The number of carbonyl (C=O) groups is 2. The van der Waals surface area contributed by atoms with Crippen LogP contribution in [0.3, 0.4) is 0 Å². The van der Waals surface area contributed by atoms with Gasteiger partial charge in [-0.25, -0.2) is 29.0 Å². The lowest BCUT2D eigenvalue weighted by molar-refractivity contribution is 0.0179. The highest BCUT2D eigenvalue weighted by Gasteiger charge is 2.37. The molecule has 4 aliphatic rings. The van der Waals surface area contributed by atoms with E-state index in [-0.39, 0.29) is 29.4 Å². The topological polar surface area (TPSA) is 119 Å². The number of nitrogens with zero attached hydrogens (tertiary/aromatic N) is 6. The van der Waals surface area contributed by atoms with Crippen molar-refractivity contribution >= 4 is 17.8 Å². The van der Waals surface area contributed by atoms with Gasteiger partial charge in [-0.2, -0.15) is 0 Å². The minimum atomic E-state index is -2.70. The first-order valence-corrected chi connectivity index (χ1v) is 19.5. The molecule has 1 atom stereocenters. The number of hydrazine groups is 1. The predicted molar refractivity (Wildman–Crippen MR) is 199 cm³/mol. The minimum Gasteiger partial charge on any atom is -0.444 e. The van der Waals surface area contributed by atoms with Crippen molar-refractivity contribution < 1.29 is 27.5 Å². The Balaban J connectivity index is 0.926. The zero-order valence-corrected chi connectivity index (χ0v) is 32.0. The van der Waals surface area contributed by atoms with Crippen molar-refractivity contribution in [3.63, 3.8) is 0 Å². The summed E-state index contributed by atoms with van der Waals surface area (Å²) in [7, 11) is 4.19. The maximum absolute atomic E-state index is 14.2. The average Bonchev–Trinajstić information content (AvgIpc) is 3.61. The van der Waals surface area contributed by atoms with Crippen molar-refractivity contribution in [2.45, 2.75) is 109 Å². The van der Waals surface area contributed by atoms with Gasteiger partial charge in [0.1, 0.15) is 23.7 Å². The van der Waals surface area contributed by atoms with Crippen LogP contribution in [-0.4, -0.2) is 108 Å². The average molecular weight is 741 g/mol. The monoisotopic (exact) mass is 740 g/mol. The Labute approximate surface area is 312 Å². The number of ether oxygens (including phenoxy) is 1. The van der Waals surface area contributed by atoms with Crippen LogP contribution in [0.4, 0.5) is 19.4 Å². The Morgan fingerprint density at radius 3 is 2.42 bits per heavy atom. The van der Waals surface area contributed by atoms with Crippen molar-refractivity contribution in [1.29, 1.82) is 0 Å². The van der Waals surface area contributed by atoms with Crippen LogP contribution in [-0.2, 0) is 4.74 Å². The number of halogens is 2. The van der Waals surface area contributed by atoms with Gasteiger partial charge in [0.05, 0.1) is 5.70 Å². The van der Waals surface area contributed by atoms with Crippen LogP contribution in [0.5, 0.6) is 0 Å². The van der Waals surface area contributed by atoms with Crippen LogP contribution in [0.15, 0.2) is 40.9 Å². The third kappa shape index (κ3) is 10.9. The van der Waals surface area contributed by atoms with Crippen LogP contribution in [0.2, 0.25) is 0 Å². The summed E-state index contributed by atoms with van der Waals surface area (Å²) in [6, 6.07) is 2.39. The van der Waals surface area contributed by atoms with Crippen LogP contribution in [0.25, 0.3) is 11.5 Å². The Kier molecular flexibility index (Phi) is 12.6. The molecular formula is C39H58F2N8O4. The highest BCUT2D eigenvalue weighted by atomic mass is 19.3. The molecule has 1 unspecified atom stereocenters. The quantitative estimate of drug-likeness (QED) is 0.222. The molecule has 0 radical (unpaired) electrons. The van der Waals surface area contributed by atoms with Crippen molar-refractivity contribution in [3.8, 4) is 11.5 Å². The van der Waals surface area contributed by atoms with E-state index in [0.717, 1.165) is 89.9 Å². The van der Waals surface area contributed by atoms with Crippen molar-refractivity contribution in [1.82, 2.24) is 35.5 Å². The predicted octanol–water partition coefficient (Wildman–Crippen LogP) is 6.53. The van der Waals surface area contributed by atoms with Gasteiger partial charge in [-0.05, 0) is 128 Å². The summed E-state index contributed by atoms with van der Waals surface area (Å²) in [5.41, 5.74) is 3.31. The molecule has 3 fully saturated rings. The maximum atomic E-state index is 14.2. The second-order valence-corrected chi connectivity index (χ2v) is 16.6. The van der Waals surface area contributed by atoms with Gasteiger partial charge in [0.2, 0.25) is 5.89 Å². The molecule has 2 N–H and O–H groups in total. The second kappa shape index (κ2) is 17.1. The van der Waals surface area contributed by atoms with Gasteiger partial charge >= 0.3 is 6.09 Å². The van der Waals surface area contributed by atoms with Gasteiger partial charge in [0.15, 0.2) is 5.69 Å². The Morgan fingerprint density at radius 2 is 1.74 bits per heavy atom. The Morgan fingerprint density at radius 1 is 1.04 bits per heavy atom. The number of aromatic nitrogens is 2. The summed E-state index contributed by atoms with van der Waals surface area (Å²) >= 11 is 0. The number of nitrogens with one attached hydrogen (secondary N) is 2. The van der Waals surface area contributed by atoms with Crippen LogP contribution >= 0.6 is 0 Å². The summed E-state index contributed by atoms with van der Waals surface area (Å²) in [6.45, 7) is 10.2. The number of anilines is 1. The number of carbonyl (C=O) groups excluding carboxylic acids is 2. The SMILES string of the molecule is CN(CCCC1CCN(C(=O)OC(C)(C)C)CC1)C[C@H]1CC[C@H](N2C=C(NC(=O)c3coc(-c4ccnc(N(C)CC5CC5)c4)n3)C(C(F)F)N2)CC1. The molecule has 2 saturated carbocycles. The first-order valence-electron chi connectivity index (χ1n) is 19.5. The van der Waals surface area contributed by atoms with Crippen LogP contribution < -0.4 is 15.6 Å². The number of alkyl halides is 2. The zero-order chi connectivity index (χ0) is 37.7. The fraction of sp³-hybridized carbons (Fsp3) is 0.692. The lowest BCUT2D eigenvalue weighted by Crippen LogP contribution is -2.48. The van der Waals surface area contributed by atoms with E-state index in [1.165, 1.54) is 19.1 Å². The molecule has 1 saturated heterocycles. The molecule has 2 amide bonds. The Bertz CT molecular complexity index is 1560. The van der Waals surface area contributed by atoms with E-state index in [2.05, 4.69) is 37.6 Å². The summed E-state index contributed by atoms with van der Waals surface area (Å²) in [5, 5.41) is 4.45. The van der Waals surface area contributed by atoms with Crippen molar-refractivity contribution in [3.05, 3.63) is 42.2 Å². The molecule has 2 aromatic heterocycles. The molecule has 2 aromatic rings. The minimum absolute atomic E-state index is 0.0188. The van der Waals surface area contributed by atoms with Gasteiger partial charge in [-0.1, -0.05) is 0 Å². The first kappa shape index (κ1) is 38.9. The normalized spacial score (nSPS) is 22.7. The molecule has 2 aliphatic carbocycles. The molecular weight excluding hydrogens is 682 g/mol. The third-order valence-electron chi connectivity index (χ3n) is 11.0. The highest BCUT2D eigenvalue weighted by molar-refractivity contribution is 5.93. The summed E-state index contributed by atoms with van der Waals surface area (Å²) in [4.78, 5) is 40.7. The van der Waals surface area contributed by atoms with E-state index < -0.39 is 24.0 Å².